The van der Waals surface area contributed by atoms with Gasteiger partial charge in [0.1, 0.15) is 10.7 Å². The number of rotatable bonds is 6. The van der Waals surface area contributed by atoms with Gasteiger partial charge in [0.15, 0.2) is 16.0 Å². The van der Waals surface area contributed by atoms with Crippen LogP contribution in [-0.2, 0) is 4.79 Å². The van der Waals surface area contributed by atoms with Crippen LogP contribution in [0.2, 0.25) is 0 Å². The Labute approximate surface area is 161 Å². The maximum Gasteiger partial charge on any atom is 0.256 e. The zero-order valence-electron chi connectivity index (χ0n) is 13.7. The van der Waals surface area contributed by atoms with E-state index in [0.717, 1.165) is 29.5 Å². The third-order valence-electron chi connectivity index (χ3n) is 3.40. The van der Waals surface area contributed by atoms with Crippen LogP contribution in [0.25, 0.3) is 11.3 Å². The SMILES string of the molecule is NC(=O)CSc1nc(-c2ccccc2)c(NC(=O)c2ccc(F)c(F)c2)s1. The number of thiazole rings is 1. The Kier molecular flexibility index (Phi) is 5.82. The highest BCUT2D eigenvalue weighted by Gasteiger charge is 2.18. The minimum atomic E-state index is -1.10. The maximum atomic E-state index is 13.4. The topological polar surface area (TPSA) is 85.1 Å². The fourth-order valence-electron chi connectivity index (χ4n) is 2.18. The number of hydrogen-bond acceptors (Lipinski definition) is 5. The number of nitrogens with zero attached hydrogens (tertiary/aromatic N) is 1. The summed E-state index contributed by atoms with van der Waals surface area (Å²) in [6.45, 7) is 0. The second-order valence-electron chi connectivity index (χ2n) is 5.36. The molecule has 0 saturated carbocycles. The van der Waals surface area contributed by atoms with Crippen LogP contribution in [0, 0.1) is 11.6 Å². The number of hydrogen-bond donors (Lipinski definition) is 2. The van der Waals surface area contributed by atoms with Crippen molar-refractivity contribution in [2.24, 2.45) is 5.73 Å². The summed E-state index contributed by atoms with van der Waals surface area (Å²) >= 11 is 2.33. The smallest absolute Gasteiger partial charge is 0.256 e. The summed E-state index contributed by atoms with van der Waals surface area (Å²) in [5, 5.41) is 3.11. The number of primary amides is 1. The summed E-state index contributed by atoms with van der Waals surface area (Å²) in [4.78, 5) is 27.9. The molecule has 2 aromatic carbocycles. The molecule has 0 fully saturated rings. The number of thioether (sulfide) groups is 1. The first kappa shape index (κ1) is 19.0. The van der Waals surface area contributed by atoms with Gasteiger partial charge in [-0.25, -0.2) is 13.8 Å². The van der Waals surface area contributed by atoms with E-state index in [0.29, 0.717) is 15.0 Å². The number of amides is 2. The molecule has 1 heterocycles. The molecule has 0 bridgehead atoms. The van der Waals surface area contributed by atoms with Gasteiger partial charge in [0.05, 0.1) is 5.75 Å². The molecule has 0 aliphatic rings. The zero-order valence-corrected chi connectivity index (χ0v) is 15.4. The van der Waals surface area contributed by atoms with Crippen molar-refractivity contribution in [2.75, 3.05) is 11.1 Å². The van der Waals surface area contributed by atoms with Crippen LogP contribution in [0.3, 0.4) is 0 Å². The molecule has 0 unspecified atom stereocenters. The molecule has 0 spiro atoms. The fourth-order valence-corrected chi connectivity index (χ4v) is 3.98. The molecule has 0 aliphatic carbocycles. The summed E-state index contributed by atoms with van der Waals surface area (Å²) in [7, 11) is 0. The number of nitrogens with one attached hydrogen (secondary N) is 1. The number of carbonyl (C=O) groups excluding carboxylic acids is 2. The van der Waals surface area contributed by atoms with Crippen molar-refractivity contribution < 1.29 is 18.4 Å². The first-order valence-electron chi connectivity index (χ1n) is 7.68. The Hall–Kier alpha value is -2.78. The van der Waals surface area contributed by atoms with Crippen molar-refractivity contribution in [2.45, 2.75) is 4.34 Å². The van der Waals surface area contributed by atoms with Crippen molar-refractivity contribution in [3.63, 3.8) is 0 Å². The lowest BCUT2D eigenvalue weighted by atomic mass is 10.1. The molecule has 3 N–H and O–H groups in total. The number of nitrogens with two attached hydrogens (primary N) is 1. The molecule has 5 nitrogen and oxygen atoms in total. The second-order valence-corrected chi connectivity index (χ2v) is 7.58. The van der Waals surface area contributed by atoms with Crippen LogP contribution in [0.1, 0.15) is 10.4 Å². The minimum Gasteiger partial charge on any atom is -0.369 e. The highest BCUT2D eigenvalue weighted by Crippen LogP contribution is 2.37. The normalized spacial score (nSPS) is 10.6. The van der Waals surface area contributed by atoms with Gasteiger partial charge in [-0.15, -0.1) is 0 Å². The van der Waals surface area contributed by atoms with Crippen molar-refractivity contribution in [1.82, 2.24) is 4.98 Å². The van der Waals surface area contributed by atoms with Gasteiger partial charge in [0.2, 0.25) is 5.91 Å². The first-order chi connectivity index (χ1) is 12.9. The highest BCUT2D eigenvalue weighted by atomic mass is 32.2. The van der Waals surface area contributed by atoms with Gasteiger partial charge in [0.25, 0.3) is 5.91 Å². The predicted octanol–water partition coefficient (Wildman–Crippen LogP) is 3.92. The van der Waals surface area contributed by atoms with E-state index in [2.05, 4.69) is 10.3 Å². The highest BCUT2D eigenvalue weighted by molar-refractivity contribution is 8.01. The lowest BCUT2D eigenvalue weighted by molar-refractivity contribution is -0.115. The third kappa shape index (κ3) is 4.69. The van der Waals surface area contributed by atoms with Gasteiger partial charge in [-0.2, -0.15) is 0 Å². The van der Waals surface area contributed by atoms with Crippen LogP contribution in [0.5, 0.6) is 0 Å². The Morgan fingerprint density at radius 3 is 2.52 bits per heavy atom. The quantitative estimate of drug-likeness (QED) is 0.609. The molecule has 0 atom stereocenters. The van der Waals surface area contributed by atoms with Crippen LogP contribution in [0.4, 0.5) is 13.8 Å². The summed E-state index contributed by atoms with van der Waals surface area (Å²) in [5.41, 5.74) is 6.42. The molecule has 0 saturated heterocycles. The summed E-state index contributed by atoms with van der Waals surface area (Å²) in [6.07, 6.45) is 0. The number of anilines is 1. The minimum absolute atomic E-state index is 0.0207. The summed E-state index contributed by atoms with van der Waals surface area (Å²) < 4.78 is 27.0. The lowest BCUT2D eigenvalue weighted by Gasteiger charge is -2.06. The van der Waals surface area contributed by atoms with Crippen molar-refractivity contribution in [3.05, 3.63) is 65.7 Å². The zero-order chi connectivity index (χ0) is 19.4. The van der Waals surface area contributed by atoms with Crippen molar-refractivity contribution >= 4 is 39.9 Å². The Balaban J connectivity index is 1.91. The van der Waals surface area contributed by atoms with E-state index in [-0.39, 0.29) is 11.3 Å². The van der Waals surface area contributed by atoms with Gasteiger partial charge < -0.3 is 11.1 Å². The third-order valence-corrected chi connectivity index (χ3v) is 5.54. The monoisotopic (exact) mass is 405 g/mol. The van der Waals surface area contributed by atoms with Crippen LogP contribution < -0.4 is 11.1 Å². The summed E-state index contributed by atoms with van der Waals surface area (Å²) in [5.74, 6) is -3.16. The van der Waals surface area contributed by atoms with Crippen LogP contribution in [0.15, 0.2) is 52.9 Å². The van der Waals surface area contributed by atoms with E-state index in [4.69, 9.17) is 5.73 Å². The van der Waals surface area contributed by atoms with E-state index in [9.17, 15) is 18.4 Å². The van der Waals surface area contributed by atoms with E-state index < -0.39 is 23.4 Å². The van der Waals surface area contributed by atoms with E-state index in [1.165, 1.54) is 17.4 Å². The molecule has 138 valence electrons. The molecule has 2 amide bonds. The molecule has 3 rings (SSSR count). The van der Waals surface area contributed by atoms with Crippen molar-refractivity contribution in [1.29, 1.82) is 0 Å². The first-order valence-corrected chi connectivity index (χ1v) is 9.48. The van der Waals surface area contributed by atoms with Gasteiger partial charge in [-0.05, 0) is 18.2 Å². The van der Waals surface area contributed by atoms with Gasteiger partial charge in [-0.1, -0.05) is 53.4 Å². The van der Waals surface area contributed by atoms with Crippen molar-refractivity contribution in [3.8, 4) is 11.3 Å². The van der Waals surface area contributed by atoms with E-state index in [1.807, 2.05) is 30.3 Å². The van der Waals surface area contributed by atoms with Gasteiger partial charge in [-0.3, -0.25) is 9.59 Å². The Morgan fingerprint density at radius 2 is 1.85 bits per heavy atom. The number of carbonyl (C=O) groups is 2. The largest absolute Gasteiger partial charge is 0.369 e. The number of benzene rings is 2. The molecular formula is C18H13F2N3O2S2. The second kappa shape index (κ2) is 8.28. The number of aromatic nitrogens is 1. The average molecular weight is 405 g/mol. The summed E-state index contributed by atoms with van der Waals surface area (Å²) in [6, 6.07) is 12.1. The Morgan fingerprint density at radius 1 is 1.11 bits per heavy atom. The van der Waals surface area contributed by atoms with E-state index >= 15 is 0 Å². The standard InChI is InChI=1S/C18H13F2N3O2S2/c19-12-7-6-11(8-13(12)20)16(25)23-17-15(10-4-2-1-3-5-10)22-18(27-17)26-9-14(21)24/h1-8H,9H2,(H2,21,24)(H,23,25). The maximum absolute atomic E-state index is 13.4. The average Bonchev–Trinajstić information content (AvgIpc) is 3.05. The van der Waals surface area contributed by atoms with Crippen LogP contribution in [-0.4, -0.2) is 22.6 Å². The molecule has 0 radical (unpaired) electrons. The van der Waals surface area contributed by atoms with E-state index in [1.54, 1.807) is 0 Å². The molecule has 1 aromatic heterocycles. The lowest BCUT2D eigenvalue weighted by Crippen LogP contribution is -2.12. The van der Waals surface area contributed by atoms with Gasteiger partial charge in [0, 0.05) is 11.1 Å². The molecule has 27 heavy (non-hydrogen) atoms. The molecule has 3 aromatic rings. The molecular weight excluding hydrogens is 392 g/mol. The number of halogens is 2. The Bertz CT molecular complexity index is 994. The fraction of sp³-hybridized carbons (Fsp3) is 0.0556. The molecule has 9 heteroatoms. The van der Waals surface area contributed by atoms with Gasteiger partial charge >= 0.3 is 0 Å². The van der Waals surface area contributed by atoms with Crippen LogP contribution >= 0.6 is 23.1 Å². The molecule has 0 aliphatic heterocycles. The predicted molar refractivity (Wildman–Crippen MR) is 102 cm³/mol.